The lowest BCUT2D eigenvalue weighted by Crippen LogP contribution is -2.48. The Morgan fingerprint density at radius 2 is 2.00 bits per heavy atom. The van der Waals surface area contributed by atoms with Gasteiger partial charge in [-0.05, 0) is 18.2 Å². The van der Waals surface area contributed by atoms with Crippen molar-refractivity contribution in [2.24, 2.45) is 5.73 Å². The second kappa shape index (κ2) is 4.46. The van der Waals surface area contributed by atoms with Crippen molar-refractivity contribution in [2.75, 3.05) is 11.5 Å². The number of nitrogens with two attached hydrogens (primary N) is 1. The largest absolute Gasteiger partial charge is 0.487 e. The van der Waals surface area contributed by atoms with Gasteiger partial charge in [-0.1, -0.05) is 15.9 Å². The maximum absolute atomic E-state index is 11.6. The molecule has 4 nitrogen and oxygen atoms in total. The van der Waals surface area contributed by atoms with Gasteiger partial charge >= 0.3 is 0 Å². The summed E-state index contributed by atoms with van der Waals surface area (Å²) in [5.74, 6) is 1.19. The van der Waals surface area contributed by atoms with E-state index in [-0.39, 0.29) is 17.5 Å². The summed E-state index contributed by atoms with van der Waals surface area (Å²) in [5, 5.41) is 0. The molecule has 0 unspecified atom stereocenters. The van der Waals surface area contributed by atoms with Crippen molar-refractivity contribution in [1.82, 2.24) is 0 Å². The van der Waals surface area contributed by atoms with Crippen LogP contribution < -0.4 is 10.5 Å². The zero-order valence-corrected chi connectivity index (χ0v) is 12.8. The van der Waals surface area contributed by atoms with Crippen molar-refractivity contribution >= 4 is 25.8 Å². The molecule has 1 aromatic carbocycles. The van der Waals surface area contributed by atoms with Crippen molar-refractivity contribution in [3.63, 3.8) is 0 Å². The Labute approximate surface area is 121 Å². The molecule has 1 spiro atoms. The minimum absolute atomic E-state index is 0.0953. The fraction of sp³-hybridized carbons (Fsp3) is 0.538. The zero-order chi connectivity index (χ0) is 13.7. The molecule has 2 aliphatic rings. The number of hydrogen-bond acceptors (Lipinski definition) is 4. The summed E-state index contributed by atoms with van der Waals surface area (Å²) in [5.41, 5.74) is 6.83. The Balaban J connectivity index is 1.91. The number of halogens is 1. The van der Waals surface area contributed by atoms with E-state index in [1.807, 2.05) is 18.2 Å². The van der Waals surface area contributed by atoms with E-state index >= 15 is 0 Å². The van der Waals surface area contributed by atoms with Gasteiger partial charge in [-0.3, -0.25) is 0 Å². The number of fused-ring (bicyclic) bond motifs is 1. The molecule has 0 aromatic heterocycles. The Bertz CT molecular complexity index is 600. The van der Waals surface area contributed by atoms with Crippen molar-refractivity contribution in [1.29, 1.82) is 0 Å². The molecule has 3 rings (SSSR count). The van der Waals surface area contributed by atoms with E-state index in [1.165, 1.54) is 0 Å². The SMILES string of the molecule is N[C@H]1CC2(CCS(=O)(=O)CC2)Oc2ccc(Br)cc21. The summed E-state index contributed by atoms with van der Waals surface area (Å²) in [6.45, 7) is 0. The molecule has 1 fully saturated rings. The van der Waals surface area contributed by atoms with Crippen LogP contribution in [0.2, 0.25) is 0 Å². The summed E-state index contributed by atoms with van der Waals surface area (Å²) in [7, 11) is -2.89. The number of ether oxygens (including phenoxy) is 1. The summed E-state index contributed by atoms with van der Waals surface area (Å²) >= 11 is 3.43. The number of rotatable bonds is 0. The highest BCUT2D eigenvalue weighted by Crippen LogP contribution is 2.44. The molecule has 0 saturated carbocycles. The van der Waals surface area contributed by atoms with Gasteiger partial charge in [0, 0.05) is 35.3 Å². The van der Waals surface area contributed by atoms with Crippen LogP contribution in [0.1, 0.15) is 30.9 Å². The number of hydrogen-bond donors (Lipinski definition) is 1. The van der Waals surface area contributed by atoms with Crippen molar-refractivity contribution in [3.05, 3.63) is 28.2 Å². The average Bonchev–Trinajstić information content (AvgIpc) is 2.35. The molecule has 1 aromatic rings. The second-order valence-electron chi connectivity index (χ2n) is 5.43. The van der Waals surface area contributed by atoms with Crippen LogP contribution in [0.25, 0.3) is 0 Å². The predicted molar refractivity (Wildman–Crippen MR) is 76.9 cm³/mol. The third-order valence-corrected chi connectivity index (χ3v) is 6.17. The fourth-order valence-electron chi connectivity index (χ4n) is 2.90. The monoisotopic (exact) mass is 345 g/mol. The van der Waals surface area contributed by atoms with Crippen LogP contribution >= 0.6 is 15.9 Å². The van der Waals surface area contributed by atoms with Crippen LogP contribution in [0.5, 0.6) is 5.75 Å². The lowest BCUT2D eigenvalue weighted by atomic mass is 9.83. The van der Waals surface area contributed by atoms with E-state index < -0.39 is 15.4 Å². The Kier molecular flexibility index (Phi) is 3.15. The minimum atomic E-state index is -2.89. The molecule has 1 atom stereocenters. The fourth-order valence-corrected chi connectivity index (χ4v) is 4.85. The van der Waals surface area contributed by atoms with Crippen LogP contribution in [0.4, 0.5) is 0 Å². The molecular formula is C13H16BrNO3S. The first-order chi connectivity index (χ1) is 8.89. The van der Waals surface area contributed by atoms with Crippen LogP contribution in [0.3, 0.4) is 0 Å². The molecule has 19 heavy (non-hydrogen) atoms. The standard InChI is InChI=1S/C13H16BrNO3S/c14-9-1-2-12-10(7-9)11(15)8-13(18-12)3-5-19(16,17)6-4-13/h1-2,7,11H,3-6,8,15H2/t11-/m0/s1. The Morgan fingerprint density at radius 1 is 1.32 bits per heavy atom. The molecule has 0 aliphatic carbocycles. The van der Waals surface area contributed by atoms with Gasteiger partial charge in [0.1, 0.15) is 11.4 Å². The third-order valence-electron chi connectivity index (χ3n) is 4.03. The van der Waals surface area contributed by atoms with Gasteiger partial charge in [0.2, 0.25) is 0 Å². The maximum atomic E-state index is 11.6. The third kappa shape index (κ3) is 2.53. The minimum Gasteiger partial charge on any atom is -0.487 e. The first-order valence-corrected chi connectivity index (χ1v) is 8.95. The zero-order valence-electron chi connectivity index (χ0n) is 10.4. The molecule has 0 amide bonds. The van der Waals surface area contributed by atoms with E-state index in [0.29, 0.717) is 19.3 Å². The normalized spacial score (nSPS) is 27.6. The summed E-state index contributed by atoms with van der Waals surface area (Å²) in [6, 6.07) is 5.71. The highest BCUT2D eigenvalue weighted by atomic mass is 79.9. The number of benzene rings is 1. The van der Waals surface area contributed by atoms with E-state index in [4.69, 9.17) is 10.5 Å². The molecule has 2 heterocycles. The second-order valence-corrected chi connectivity index (χ2v) is 8.65. The highest BCUT2D eigenvalue weighted by molar-refractivity contribution is 9.10. The van der Waals surface area contributed by atoms with Crippen LogP contribution in [0, 0.1) is 0 Å². The van der Waals surface area contributed by atoms with Crippen molar-refractivity contribution < 1.29 is 13.2 Å². The van der Waals surface area contributed by atoms with Crippen LogP contribution in [-0.4, -0.2) is 25.5 Å². The van der Waals surface area contributed by atoms with Gasteiger partial charge in [-0.25, -0.2) is 8.42 Å². The summed E-state index contributed by atoms with van der Waals surface area (Å²) < 4.78 is 30.2. The summed E-state index contributed by atoms with van der Waals surface area (Å²) in [4.78, 5) is 0. The molecule has 6 heteroatoms. The first-order valence-electron chi connectivity index (χ1n) is 6.34. The van der Waals surface area contributed by atoms with Gasteiger partial charge in [0.05, 0.1) is 11.5 Å². The maximum Gasteiger partial charge on any atom is 0.150 e. The molecule has 0 radical (unpaired) electrons. The first kappa shape index (κ1) is 13.4. The topological polar surface area (TPSA) is 69.4 Å². The van der Waals surface area contributed by atoms with Crippen LogP contribution in [-0.2, 0) is 9.84 Å². The van der Waals surface area contributed by atoms with E-state index in [9.17, 15) is 8.42 Å². The Hall–Kier alpha value is -0.590. The van der Waals surface area contributed by atoms with E-state index in [1.54, 1.807) is 0 Å². The van der Waals surface area contributed by atoms with E-state index in [2.05, 4.69) is 15.9 Å². The highest BCUT2D eigenvalue weighted by Gasteiger charge is 2.44. The van der Waals surface area contributed by atoms with E-state index in [0.717, 1.165) is 15.8 Å². The Morgan fingerprint density at radius 3 is 2.68 bits per heavy atom. The summed E-state index contributed by atoms with van der Waals surface area (Å²) in [6.07, 6.45) is 1.77. The smallest absolute Gasteiger partial charge is 0.150 e. The molecule has 1 saturated heterocycles. The van der Waals surface area contributed by atoms with Gasteiger partial charge < -0.3 is 10.5 Å². The van der Waals surface area contributed by atoms with Gasteiger partial charge in [-0.2, -0.15) is 0 Å². The number of sulfone groups is 1. The molecule has 104 valence electrons. The van der Waals surface area contributed by atoms with Gasteiger partial charge in [0.15, 0.2) is 9.84 Å². The molecule has 2 aliphatic heterocycles. The lowest BCUT2D eigenvalue weighted by molar-refractivity contribution is 0.0264. The average molecular weight is 346 g/mol. The van der Waals surface area contributed by atoms with Crippen molar-refractivity contribution in [2.45, 2.75) is 30.9 Å². The molecular weight excluding hydrogens is 330 g/mol. The lowest BCUT2D eigenvalue weighted by Gasteiger charge is -2.43. The molecule has 2 N–H and O–H groups in total. The van der Waals surface area contributed by atoms with Gasteiger partial charge in [0.25, 0.3) is 0 Å². The van der Waals surface area contributed by atoms with Crippen LogP contribution in [0.15, 0.2) is 22.7 Å². The predicted octanol–water partition coefficient (Wildman–Crippen LogP) is 2.18. The molecule has 0 bridgehead atoms. The van der Waals surface area contributed by atoms with Crippen molar-refractivity contribution in [3.8, 4) is 5.75 Å². The van der Waals surface area contributed by atoms with Gasteiger partial charge in [-0.15, -0.1) is 0 Å². The quantitative estimate of drug-likeness (QED) is 0.782.